The van der Waals surface area contributed by atoms with E-state index in [1.165, 1.54) is 6.07 Å². The van der Waals surface area contributed by atoms with Crippen molar-refractivity contribution in [2.24, 2.45) is 0 Å². The molecule has 29 heavy (non-hydrogen) atoms. The third kappa shape index (κ3) is 3.04. The molecule has 9 heteroatoms. The molecule has 4 aromatic rings. The first-order valence-electron chi connectivity index (χ1n) is 8.88. The maximum atomic E-state index is 13.2. The predicted octanol–water partition coefficient (Wildman–Crippen LogP) is 4.28. The lowest BCUT2D eigenvalue weighted by Gasteiger charge is -2.19. The quantitative estimate of drug-likeness (QED) is 0.547. The number of ether oxygens (including phenoxy) is 1. The molecule has 6 nitrogen and oxygen atoms in total. The van der Waals surface area contributed by atoms with Crippen molar-refractivity contribution in [3.8, 4) is 28.3 Å². The minimum absolute atomic E-state index is 0.352. The van der Waals surface area contributed by atoms with Crippen molar-refractivity contribution in [1.29, 1.82) is 0 Å². The fourth-order valence-electron chi connectivity index (χ4n) is 3.39. The average Bonchev–Trinajstić information content (AvgIpc) is 3.12. The molecule has 0 unspecified atom stereocenters. The minimum atomic E-state index is -4.54. The van der Waals surface area contributed by atoms with Crippen LogP contribution < -0.4 is 10.1 Å². The maximum Gasteiger partial charge on any atom is 0.433 e. The van der Waals surface area contributed by atoms with E-state index in [-0.39, 0.29) is 0 Å². The van der Waals surface area contributed by atoms with Crippen LogP contribution in [0.5, 0.6) is 5.75 Å². The maximum absolute atomic E-state index is 13.2. The Morgan fingerprint density at radius 1 is 1.03 bits per heavy atom. The van der Waals surface area contributed by atoms with Gasteiger partial charge >= 0.3 is 6.18 Å². The number of halogens is 3. The fourth-order valence-corrected chi connectivity index (χ4v) is 3.39. The second-order valence-corrected chi connectivity index (χ2v) is 6.51. The molecule has 5 rings (SSSR count). The number of fused-ring (bicyclic) bond motifs is 2. The van der Waals surface area contributed by atoms with Crippen molar-refractivity contribution in [2.45, 2.75) is 6.18 Å². The summed E-state index contributed by atoms with van der Waals surface area (Å²) < 4.78 is 46.9. The van der Waals surface area contributed by atoms with Gasteiger partial charge in [0, 0.05) is 36.3 Å². The Labute approximate surface area is 163 Å². The van der Waals surface area contributed by atoms with Gasteiger partial charge in [0.05, 0.1) is 17.1 Å². The number of nitrogens with one attached hydrogen (secondary N) is 1. The molecule has 1 N–H and O–H groups in total. The molecule has 1 aromatic carbocycles. The van der Waals surface area contributed by atoms with Crippen LogP contribution in [-0.4, -0.2) is 32.5 Å². The van der Waals surface area contributed by atoms with E-state index >= 15 is 0 Å². The first kappa shape index (κ1) is 17.5. The van der Waals surface area contributed by atoms with E-state index in [4.69, 9.17) is 4.74 Å². The zero-order valence-electron chi connectivity index (χ0n) is 14.9. The van der Waals surface area contributed by atoms with Gasteiger partial charge in [0.25, 0.3) is 0 Å². The first-order chi connectivity index (χ1) is 14.0. The Hall–Kier alpha value is -3.62. The zero-order valence-corrected chi connectivity index (χ0v) is 14.9. The minimum Gasteiger partial charge on any atom is -0.490 e. The van der Waals surface area contributed by atoms with E-state index in [2.05, 4.69) is 20.3 Å². The molecule has 0 saturated heterocycles. The Morgan fingerprint density at radius 2 is 1.93 bits per heavy atom. The number of nitrogens with zero attached hydrogens (tertiary/aromatic N) is 4. The largest absolute Gasteiger partial charge is 0.490 e. The second kappa shape index (κ2) is 6.47. The highest BCUT2D eigenvalue weighted by Crippen LogP contribution is 2.38. The number of aromatic nitrogens is 4. The van der Waals surface area contributed by atoms with Gasteiger partial charge in [-0.3, -0.25) is 9.38 Å². The number of benzene rings is 1. The molecule has 0 radical (unpaired) electrons. The molecule has 0 saturated carbocycles. The Kier molecular flexibility index (Phi) is 3.90. The van der Waals surface area contributed by atoms with Crippen molar-refractivity contribution < 1.29 is 17.9 Å². The van der Waals surface area contributed by atoms with E-state index in [0.717, 1.165) is 29.3 Å². The van der Waals surface area contributed by atoms with E-state index in [0.29, 0.717) is 35.9 Å². The van der Waals surface area contributed by atoms with Gasteiger partial charge in [-0.1, -0.05) is 0 Å². The van der Waals surface area contributed by atoms with Crippen LogP contribution in [0.3, 0.4) is 0 Å². The first-order valence-corrected chi connectivity index (χ1v) is 8.88. The van der Waals surface area contributed by atoms with Crippen LogP contribution in [0.4, 0.5) is 18.9 Å². The highest BCUT2D eigenvalue weighted by Gasteiger charge is 2.33. The summed E-state index contributed by atoms with van der Waals surface area (Å²) in [6, 6.07) is 9.81. The average molecular weight is 397 g/mol. The van der Waals surface area contributed by atoms with Crippen LogP contribution in [0, 0.1) is 0 Å². The number of hydrogen-bond donors (Lipinski definition) is 1. The van der Waals surface area contributed by atoms with Gasteiger partial charge in [-0.2, -0.15) is 13.2 Å². The van der Waals surface area contributed by atoms with Gasteiger partial charge < -0.3 is 10.1 Å². The molecule has 146 valence electrons. The third-order valence-corrected chi connectivity index (χ3v) is 4.66. The molecular formula is C20H14F3N5O. The lowest BCUT2D eigenvalue weighted by atomic mass is 10.0. The highest BCUT2D eigenvalue weighted by atomic mass is 19.4. The third-order valence-electron chi connectivity index (χ3n) is 4.66. The summed E-state index contributed by atoms with van der Waals surface area (Å²) in [6.45, 7) is 1.25. The molecule has 1 aliphatic heterocycles. The van der Waals surface area contributed by atoms with Crippen LogP contribution >= 0.6 is 0 Å². The van der Waals surface area contributed by atoms with E-state index in [1.807, 2.05) is 18.2 Å². The Morgan fingerprint density at radius 3 is 2.79 bits per heavy atom. The van der Waals surface area contributed by atoms with Gasteiger partial charge in [-0.05, 0) is 36.4 Å². The number of pyridine rings is 1. The van der Waals surface area contributed by atoms with Crippen molar-refractivity contribution in [3.63, 3.8) is 0 Å². The summed E-state index contributed by atoms with van der Waals surface area (Å²) in [7, 11) is 0. The number of rotatable bonds is 2. The van der Waals surface area contributed by atoms with Crippen molar-refractivity contribution in [3.05, 3.63) is 60.7 Å². The van der Waals surface area contributed by atoms with Crippen LogP contribution in [0.2, 0.25) is 0 Å². The summed E-state index contributed by atoms with van der Waals surface area (Å²) in [6.07, 6.45) is -0.0740. The normalized spacial score (nSPS) is 13.6. The SMILES string of the molecule is FC(F)(F)c1cc(-c2c(-c3ccc4c(c3)NCCO4)nc3ncccn23)ccn1. The summed E-state index contributed by atoms with van der Waals surface area (Å²) >= 11 is 0. The summed E-state index contributed by atoms with van der Waals surface area (Å²) in [5.41, 5.74) is 1.99. The summed E-state index contributed by atoms with van der Waals surface area (Å²) in [5.74, 6) is 1.12. The fraction of sp³-hybridized carbons (Fsp3) is 0.150. The standard InChI is InChI=1S/C20H14F3N5O/c21-20(22,23)16-11-13(4-6-25-16)18-17(27-19-26-5-1-8-28(18)19)12-2-3-15-14(10-12)24-7-9-29-15/h1-6,8,10-11,24H,7,9H2. The molecule has 0 atom stereocenters. The lowest BCUT2D eigenvalue weighted by Crippen LogP contribution is -2.17. The highest BCUT2D eigenvalue weighted by molar-refractivity contribution is 5.83. The smallest absolute Gasteiger partial charge is 0.433 e. The van der Waals surface area contributed by atoms with Crippen LogP contribution in [0.1, 0.15) is 5.69 Å². The molecule has 0 spiro atoms. The van der Waals surface area contributed by atoms with Crippen LogP contribution in [0.25, 0.3) is 28.3 Å². The summed E-state index contributed by atoms with van der Waals surface area (Å²) in [4.78, 5) is 12.3. The van der Waals surface area contributed by atoms with Crippen molar-refractivity contribution in [1.82, 2.24) is 19.4 Å². The summed E-state index contributed by atoms with van der Waals surface area (Å²) in [5, 5.41) is 3.26. The molecule has 3 aromatic heterocycles. The molecule has 0 aliphatic carbocycles. The number of imidazole rings is 1. The van der Waals surface area contributed by atoms with Crippen molar-refractivity contribution in [2.75, 3.05) is 18.5 Å². The van der Waals surface area contributed by atoms with Crippen molar-refractivity contribution >= 4 is 11.5 Å². The molecule has 0 bridgehead atoms. The van der Waals surface area contributed by atoms with Gasteiger partial charge in [0.2, 0.25) is 5.78 Å². The number of anilines is 1. The van der Waals surface area contributed by atoms with E-state index in [9.17, 15) is 13.2 Å². The van der Waals surface area contributed by atoms with Gasteiger partial charge in [0.1, 0.15) is 18.1 Å². The molecular weight excluding hydrogens is 383 g/mol. The zero-order chi connectivity index (χ0) is 20.0. The molecule has 1 aliphatic rings. The monoisotopic (exact) mass is 397 g/mol. The predicted molar refractivity (Wildman–Crippen MR) is 101 cm³/mol. The molecule has 0 amide bonds. The van der Waals surface area contributed by atoms with Crippen LogP contribution in [-0.2, 0) is 6.18 Å². The topological polar surface area (TPSA) is 64.3 Å². The molecule has 0 fully saturated rings. The number of alkyl halides is 3. The van der Waals surface area contributed by atoms with Gasteiger partial charge in [0.15, 0.2) is 0 Å². The second-order valence-electron chi connectivity index (χ2n) is 6.51. The van der Waals surface area contributed by atoms with E-state index in [1.54, 1.807) is 22.9 Å². The number of hydrogen-bond acceptors (Lipinski definition) is 5. The van der Waals surface area contributed by atoms with E-state index < -0.39 is 11.9 Å². The molecule has 4 heterocycles. The lowest BCUT2D eigenvalue weighted by molar-refractivity contribution is -0.141. The Balaban J connectivity index is 1.74. The van der Waals surface area contributed by atoms with Gasteiger partial charge in [-0.25, -0.2) is 9.97 Å². The van der Waals surface area contributed by atoms with Crippen LogP contribution in [0.15, 0.2) is 55.0 Å². The Bertz CT molecular complexity index is 1220. The van der Waals surface area contributed by atoms with Gasteiger partial charge in [-0.15, -0.1) is 0 Å².